The lowest BCUT2D eigenvalue weighted by atomic mass is 9.70. The number of imidazole rings is 1. The summed E-state index contributed by atoms with van der Waals surface area (Å²) in [5.41, 5.74) is 5.80. The third-order valence-corrected chi connectivity index (χ3v) is 4.16. The predicted octanol–water partition coefficient (Wildman–Crippen LogP) is -0.566. The van der Waals surface area contributed by atoms with Gasteiger partial charge in [0.1, 0.15) is 0 Å². The van der Waals surface area contributed by atoms with Crippen molar-refractivity contribution >= 4 is 23.1 Å². The van der Waals surface area contributed by atoms with Crippen LogP contribution in [0.1, 0.15) is 19.4 Å². The molecule has 2 aromatic rings. The van der Waals surface area contributed by atoms with Crippen molar-refractivity contribution in [1.82, 2.24) is 19.5 Å². The van der Waals surface area contributed by atoms with Crippen LogP contribution in [0.3, 0.4) is 0 Å². The smallest absolute Gasteiger partial charge is 0.302 e. The lowest BCUT2D eigenvalue weighted by Gasteiger charge is -2.44. The highest BCUT2D eigenvalue weighted by molar-refractivity contribution is 5.70. The van der Waals surface area contributed by atoms with Crippen molar-refractivity contribution in [1.29, 1.82) is 0 Å². The largest absolute Gasteiger partial charge is 0.466 e. The first-order chi connectivity index (χ1) is 10.5. The third kappa shape index (κ3) is 2.33. The maximum atomic E-state index is 11.8. The lowest BCUT2D eigenvalue weighted by Crippen LogP contribution is -2.43. The number of nitrogens with two attached hydrogens (primary N) is 1. The van der Waals surface area contributed by atoms with Gasteiger partial charge in [0.2, 0.25) is 5.95 Å². The molecule has 1 aliphatic rings. The van der Waals surface area contributed by atoms with Crippen LogP contribution in [0.2, 0.25) is 0 Å². The Balaban J connectivity index is 1.86. The van der Waals surface area contributed by atoms with Crippen molar-refractivity contribution < 1.29 is 14.6 Å². The number of esters is 1. The van der Waals surface area contributed by atoms with Gasteiger partial charge in [-0.1, -0.05) is 0 Å². The molecule has 0 spiro atoms. The normalized spacial score (nSPS) is 24.2. The van der Waals surface area contributed by atoms with Crippen LogP contribution in [-0.4, -0.2) is 43.8 Å². The van der Waals surface area contributed by atoms with Gasteiger partial charge in [-0.2, -0.15) is 4.98 Å². The average Bonchev–Trinajstić information content (AvgIpc) is 2.81. The molecule has 2 aromatic heterocycles. The minimum absolute atomic E-state index is 0.0237. The lowest BCUT2D eigenvalue weighted by molar-refractivity contribution is -0.146. The van der Waals surface area contributed by atoms with E-state index in [4.69, 9.17) is 10.5 Å². The summed E-state index contributed by atoms with van der Waals surface area (Å²) < 4.78 is 6.76. The summed E-state index contributed by atoms with van der Waals surface area (Å²) >= 11 is 0. The molecule has 3 atom stereocenters. The molecule has 0 aromatic carbocycles. The van der Waals surface area contributed by atoms with E-state index in [2.05, 4.69) is 15.0 Å². The van der Waals surface area contributed by atoms with Crippen LogP contribution in [0.15, 0.2) is 11.1 Å². The number of aromatic amines is 1. The molecule has 3 rings (SSSR count). The molecule has 1 fully saturated rings. The molecule has 9 heteroatoms. The van der Waals surface area contributed by atoms with Crippen LogP contribution < -0.4 is 11.3 Å². The van der Waals surface area contributed by atoms with Gasteiger partial charge in [-0.15, -0.1) is 0 Å². The van der Waals surface area contributed by atoms with Crippen LogP contribution in [0.5, 0.6) is 0 Å². The minimum atomic E-state index is -0.391. The van der Waals surface area contributed by atoms with Gasteiger partial charge in [0.15, 0.2) is 11.2 Å². The number of nitrogens with zero attached hydrogens (tertiary/aromatic N) is 3. The predicted molar refractivity (Wildman–Crippen MR) is 76.9 cm³/mol. The number of ether oxygens (including phenoxy) is 1. The average molecular weight is 307 g/mol. The number of carbonyl (C=O) groups is 1. The van der Waals surface area contributed by atoms with Crippen LogP contribution >= 0.6 is 0 Å². The summed E-state index contributed by atoms with van der Waals surface area (Å²) in [5, 5.41) is 9.58. The molecule has 0 bridgehead atoms. The number of aliphatic hydroxyl groups is 1. The zero-order valence-electron chi connectivity index (χ0n) is 12.0. The summed E-state index contributed by atoms with van der Waals surface area (Å²) in [6.07, 6.45) is 2.24. The molecule has 0 amide bonds. The summed E-state index contributed by atoms with van der Waals surface area (Å²) in [7, 11) is 0. The number of carbonyl (C=O) groups excluding carboxylic acids is 1. The number of hydrogen-bond donors (Lipinski definition) is 3. The molecular formula is C13H17N5O4. The van der Waals surface area contributed by atoms with Crippen molar-refractivity contribution in [2.75, 3.05) is 18.9 Å². The Morgan fingerprint density at radius 2 is 2.41 bits per heavy atom. The number of nitrogens with one attached hydrogen (secondary N) is 1. The van der Waals surface area contributed by atoms with Crippen LogP contribution in [0, 0.1) is 11.8 Å². The van der Waals surface area contributed by atoms with Gasteiger partial charge < -0.3 is 20.1 Å². The SMILES string of the molecule is CC(=O)OC[C@H]1C[C@@H](n2cnc3c(=O)[nH]c(N)nc32)[C@H]1CO. The minimum Gasteiger partial charge on any atom is -0.466 e. The fraction of sp³-hybridized carbons (Fsp3) is 0.538. The number of aliphatic hydroxyl groups excluding tert-OH is 1. The van der Waals surface area contributed by atoms with Crippen molar-refractivity contribution in [3.8, 4) is 0 Å². The summed E-state index contributed by atoms with van der Waals surface area (Å²) in [6, 6.07) is -0.0516. The fourth-order valence-electron chi connectivity index (χ4n) is 2.97. The maximum Gasteiger partial charge on any atom is 0.302 e. The summed E-state index contributed by atoms with van der Waals surface area (Å²) in [5.74, 6) is -0.320. The van der Waals surface area contributed by atoms with Gasteiger partial charge >= 0.3 is 5.97 Å². The Labute approximate surface area is 125 Å². The summed E-state index contributed by atoms with van der Waals surface area (Å²) in [6.45, 7) is 1.58. The highest BCUT2D eigenvalue weighted by Gasteiger charge is 2.43. The fourth-order valence-corrected chi connectivity index (χ4v) is 2.97. The number of anilines is 1. The second-order valence-electron chi connectivity index (χ2n) is 5.49. The van der Waals surface area contributed by atoms with Gasteiger partial charge in [-0.25, -0.2) is 4.98 Å². The number of nitrogen functional groups attached to an aromatic ring is 1. The molecule has 0 unspecified atom stereocenters. The van der Waals surface area contributed by atoms with Gasteiger partial charge in [0, 0.05) is 31.4 Å². The zero-order chi connectivity index (χ0) is 15.9. The number of hydrogen-bond acceptors (Lipinski definition) is 7. The maximum absolute atomic E-state index is 11.8. The van der Waals surface area contributed by atoms with Crippen molar-refractivity contribution in [2.45, 2.75) is 19.4 Å². The first-order valence-corrected chi connectivity index (χ1v) is 6.97. The highest BCUT2D eigenvalue weighted by Crippen LogP contribution is 2.44. The number of aromatic nitrogens is 4. The van der Waals surface area contributed by atoms with E-state index in [0.717, 1.165) is 0 Å². The van der Waals surface area contributed by atoms with Crippen molar-refractivity contribution in [2.24, 2.45) is 11.8 Å². The number of rotatable bonds is 4. The molecule has 4 N–H and O–H groups in total. The molecule has 0 saturated heterocycles. The van der Waals surface area contributed by atoms with Gasteiger partial charge in [-0.05, 0) is 6.42 Å². The van der Waals surface area contributed by atoms with E-state index >= 15 is 0 Å². The molecule has 22 heavy (non-hydrogen) atoms. The second-order valence-corrected chi connectivity index (χ2v) is 5.49. The van der Waals surface area contributed by atoms with Gasteiger partial charge in [0.05, 0.1) is 12.9 Å². The van der Waals surface area contributed by atoms with Crippen molar-refractivity contribution in [3.63, 3.8) is 0 Å². The second kappa shape index (κ2) is 5.41. The first kappa shape index (κ1) is 14.5. The Morgan fingerprint density at radius 3 is 3.09 bits per heavy atom. The van der Waals surface area contributed by atoms with E-state index in [1.54, 1.807) is 4.57 Å². The molecular weight excluding hydrogens is 290 g/mol. The van der Waals surface area contributed by atoms with E-state index in [1.807, 2.05) is 0 Å². The van der Waals surface area contributed by atoms with E-state index in [9.17, 15) is 14.7 Å². The standard InChI is InChI=1S/C13H17N5O4/c1-6(20)22-4-7-2-9(8(7)3-19)18-5-15-10-11(18)16-13(14)17-12(10)21/h5,7-9,19H,2-4H2,1H3,(H3,14,16,17,21)/t7-,8+,9-/m1/s1. The van der Waals surface area contributed by atoms with E-state index < -0.39 is 5.56 Å². The Hall–Kier alpha value is -2.42. The first-order valence-electron chi connectivity index (χ1n) is 6.97. The van der Waals surface area contributed by atoms with Gasteiger partial charge in [0.25, 0.3) is 5.56 Å². The molecule has 118 valence electrons. The monoisotopic (exact) mass is 307 g/mol. The zero-order valence-corrected chi connectivity index (χ0v) is 12.0. The van der Waals surface area contributed by atoms with Crippen LogP contribution in [0.25, 0.3) is 11.2 Å². The van der Waals surface area contributed by atoms with Gasteiger partial charge in [-0.3, -0.25) is 14.6 Å². The van der Waals surface area contributed by atoms with Crippen LogP contribution in [0.4, 0.5) is 5.95 Å². The molecule has 0 aliphatic heterocycles. The van der Waals surface area contributed by atoms with E-state index in [-0.39, 0.29) is 48.5 Å². The third-order valence-electron chi connectivity index (χ3n) is 4.16. The molecule has 0 radical (unpaired) electrons. The molecule has 9 nitrogen and oxygen atoms in total. The Kier molecular flexibility index (Phi) is 3.57. The number of fused-ring (bicyclic) bond motifs is 1. The highest BCUT2D eigenvalue weighted by atomic mass is 16.5. The number of H-pyrrole nitrogens is 1. The summed E-state index contributed by atoms with van der Waals surface area (Å²) in [4.78, 5) is 33.2. The molecule has 1 aliphatic carbocycles. The van der Waals surface area contributed by atoms with E-state index in [1.165, 1.54) is 13.3 Å². The van der Waals surface area contributed by atoms with Crippen molar-refractivity contribution in [3.05, 3.63) is 16.7 Å². The Morgan fingerprint density at radius 1 is 1.64 bits per heavy atom. The quantitative estimate of drug-likeness (QED) is 0.644. The molecule has 1 saturated carbocycles. The Bertz CT molecular complexity index is 767. The topological polar surface area (TPSA) is 136 Å². The van der Waals surface area contributed by atoms with E-state index in [0.29, 0.717) is 12.1 Å². The van der Waals surface area contributed by atoms with Crippen LogP contribution in [-0.2, 0) is 9.53 Å². The molecule has 2 heterocycles.